The van der Waals surface area contributed by atoms with Gasteiger partial charge in [0.25, 0.3) is 0 Å². The minimum atomic E-state index is -0.586. The van der Waals surface area contributed by atoms with E-state index in [1.807, 2.05) is 54.6 Å². The second kappa shape index (κ2) is 9.54. The summed E-state index contributed by atoms with van der Waals surface area (Å²) < 4.78 is 5.23. The summed E-state index contributed by atoms with van der Waals surface area (Å²) in [5.74, 6) is -0.508. The van der Waals surface area contributed by atoms with Gasteiger partial charge in [0.2, 0.25) is 5.91 Å². The summed E-state index contributed by atoms with van der Waals surface area (Å²) in [6.45, 7) is 0.200. The molecule has 6 heteroatoms. The van der Waals surface area contributed by atoms with Crippen molar-refractivity contribution in [2.75, 3.05) is 6.61 Å². The maximum Gasteiger partial charge on any atom is 0.416 e. The monoisotopic (exact) mass is 453 g/mol. The van der Waals surface area contributed by atoms with Crippen molar-refractivity contribution in [1.29, 1.82) is 0 Å². The van der Waals surface area contributed by atoms with Crippen LogP contribution >= 0.6 is 23.2 Å². The van der Waals surface area contributed by atoms with E-state index in [9.17, 15) is 9.59 Å². The van der Waals surface area contributed by atoms with Crippen LogP contribution in [0.5, 0.6) is 0 Å². The van der Waals surface area contributed by atoms with Gasteiger partial charge in [-0.1, -0.05) is 77.8 Å². The summed E-state index contributed by atoms with van der Waals surface area (Å²) in [7, 11) is 0. The van der Waals surface area contributed by atoms with Gasteiger partial charge < -0.3 is 4.74 Å². The average Bonchev–Trinajstić information content (AvgIpc) is 3.14. The Morgan fingerprint density at radius 2 is 1.45 bits per heavy atom. The Bertz CT molecular complexity index is 1010. The first-order valence-corrected chi connectivity index (χ1v) is 10.8. The minimum Gasteiger partial charge on any atom is -0.447 e. The number of carbonyl (C=O) groups is 2. The fourth-order valence-corrected chi connectivity index (χ4v) is 4.15. The molecule has 1 fully saturated rings. The molecule has 0 unspecified atom stereocenters. The van der Waals surface area contributed by atoms with Gasteiger partial charge in [0.05, 0.1) is 6.04 Å². The maximum absolute atomic E-state index is 13.3. The predicted molar refractivity (Wildman–Crippen MR) is 121 cm³/mol. The molecule has 31 heavy (non-hydrogen) atoms. The molecule has 4 nitrogen and oxygen atoms in total. The second-order valence-corrected chi connectivity index (χ2v) is 8.42. The summed E-state index contributed by atoms with van der Waals surface area (Å²) in [6, 6.07) is 24.3. The summed E-state index contributed by atoms with van der Waals surface area (Å²) in [6.07, 6.45) is 0.103. The summed E-state index contributed by atoms with van der Waals surface area (Å²) in [5.41, 5.74) is 2.93. The molecule has 158 valence electrons. The molecule has 0 bridgehead atoms. The van der Waals surface area contributed by atoms with E-state index in [4.69, 9.17) is 27.9 Å². The first-order valence-electron chi connectivity index (χ1n) is 10.0. The van der Waals surface area contributed by atoms with Gasteiger partial charge in [0.1, 0.15) is 6.61 Å². The Balaban J connectivity index is 1.59. The van der Waals surface area contributed by atoms with E-state index >= 15 is 0 Å². The first kappa shape index (κ1) is 21.4. The van der Waals surface area contributed by atoms with E-state index in [0.29, 0.717) is 16.5 Å². The fourth-order valence-electron chi connectivity index (χ4n) is 3.89. The summed E-state index contributed by atoms with van der Waals surface area (Å²) in [4.78, 5) is 27.0. The zero-order valence-electron chi connectivity index (χ0n) is 16.7. The standard InChI is InChI=1S/C25H21Cl2NO3/c26-20-10-6-18(7-11-20)23(19-8-12-21(27)13-9-19)15-24(29)28-22(16-31-25(28)30)14-17-4-2-1-3-5-17/h1-13,22-23H,14-16H2/t22-/m0/s1. The number of nitrogens with zero attached hydrogens (tertiary/aromatic N) is 1. The van der Waals surface area contributed by atoms with Crippen LogP contribution in [0.1, 0.15) is 29.0 Å². The molecule has 3 aromatic rings. The van der Waals surface area contributed by atoms with Gasteiger partial charge in [0.15, 0.2) is 0 Å². The van der Waals surface area contributed by atoms with Crippen LogP contribution in [0.15, 0.2) is 78.9 Å². The fraction of sp³-hybridized carbons (Fsp3) is 0.200. The number of carbonyl (C=O) groups excluding carboxylic acids is 2. The lowest BCUT2D eigenvalue weighted by atomic mass is 9.88. The van der Waals surface area contributed by atoms with Crippen LogP contribution in [0.3, 0.4) is 0 Å². The number of ether oxygens (including phenoxy) is 1. The lowest BCUT2D eigenvalue weighted by Gasteiger charge is -2.24. The van der Waals surface area contributed by atoms with Crippen molar-refractivity contribution < 1.29 is 14.3 Å². The molecule has 1 atom stereocenters. The molecule has 1 aliphatic heterocycles. The smallest absolute Gasteiger partial charge is 0.416 e. The van der Waals surface area contributed by atoms with E-state index in [1.54, 1.807) is 24.3 Å². The number of hydrogen-bond acceptors (Lipinski definition) is 3. The Morgan fingerprint density at radius 1 is 0.903 bits per heavy atom. The molecule has 3 aromatic carbocycles. The number of benzene rings is 3. The molecule has 0 aliphatic carbocycles. The van der Waals surface area contributed by atoms with Gasteiger partial charge in [-0.3, -0.25) is 4.79 Å². The lowest BCUT2D eigenvalue weighted by Crippen LogP contribution is -2.40. The predicted octanol–water partition coefficient (Wildman–Crippen LogP) is 6.11. The topological polar surface area (TPSA) is 46.6 Å². The minimum absolute atomic E-state index is 0.129. The third kappa shape index (κ3) is 5.09. The largest absolute Gasteiger partial charge is 0.447 e. The van der Waals surface area contributed by atoms with Crippen LogP contribution in [-0.4, -0.2) is 29.5 Å². The van der Waals surface area contributed by atoms with Crippen LogP contribution in [-0.2, 0) is 16.0 Å². The van der Waals surface area contributed by atoms with Gasteiger partial charge in [0, 0.05) is 22.4 Å². The van der Waals surface area contributed by atoms with Crippen molar-refractivity contribution in [1.82, 2.24) is 4.90 Å². The number of cyclic esters (lactones) is 1. The molecule has 2 amide bonds. The third-order valence-electron chi connectivity index (χ3n) is 5.47. The van der Waals surface area contributed by atoms with E-state index in [-0.39, 0.29) is 30.9 Å². The number of halogens is 2. The first-order chi connectivity index (χ1) is 15.0. The van der Waals surface area contributed by atoms with Gasteiger partial charge >= 0.3 is 6.09 Å². The van der Waals surface area contributed by atoms with E-state index < -0.39 is 6.09 Å². The maximum atomic E-state index is 13.3. The van der Waals surface area contributed by atoms with Crippen LogP contribution in [0.25, 0.3) is 0 Å². The Kier molecular flexibility index (Phi) is 6.59. The molecule has 1 heterocycles. The van der Waals surface area contributed by atoms with Crippen LogP contribution in [0.4, 0.5) is 4.79 Å². The van der Waals surface area contributed by atoms with Gasteiger partial charge in [-0.25, -0.2) is 9.69 Å². The highest BCUT2D eigenvalue weighted by Gasteiger charge is 2.38. The number of rotatable bonds is 6. The Labute approximate surface area is 191 Å². The van der Waals surface area contributed by atoms with Crippen molar-refractivity contribution in [3.05, 3.63) is 106 Å². The molecule has 1 saturated heterocycles. The SMILES string of the molecule is O=C(CC(c1ccc(Cl)cc1)c1ccc(Cl)cc1)N1C(=O)OC[C@@H]1Cc1ccccc1. The molecule has 4 rings (SSSR count). The van der Waals surface area contributed by atoms with Crippen LogP contribution in [0, 0.1) is 0 Å². The van der Waals surface area contributed by atoms with Gasteiger partial charge in [-0.05, 0) is 47.4 Å². The second-order valence-electron chi connectivity index (χ2n) is 7.54. The number of amides is 2. The summed E-state index contributed by atoms with van der Waals surface area (Å²) in [5, 5.41) is 1.24. The van der Waals surface area contributed by atoms with E-state index in [1.165, 1.54) is 4.90 Å². The highest BCUT2D eigenvalue weighted by Crippen LogP contribution is 2.32. The molecular formula is C25H21Cl2NO3. The normalized spacial score (nSPS) is 15.9. The number of hydrogen-bond donors (Lipinski definition) is 0. The molecule has 0 N–H and O–H groups in total. The van der Waals surface area contributed by atoms with Crippen molar-refractivity contribution in [3.63, 3.8) is 0 Å². The lowest BCUT2D eigenvalue weighted by molar-refractivity contribution is -0.129. The summed E-state index contributed by atoms with van der Waals surface area (Å²) >= 11 is 12.1. The van der Waals surface area contributed by atoms with E-state index in [0.717, 1.165) is 16.7 Å². The third-order valence-corrected chi connectivity index (χ3v) is 5.97. The van der Waals surface area contributed by atoms with Crippen molar-refractivity contribution in [2.45, 2.75) is 24.8 Å². The zero-order chi connectivity index (χ0) is 21.8. The van der Waals surface area contributed by atoms with E-state index in [2.05, 4.69) is 0 Å². The molecule has 0 saturated carbocycles. The molecule has 0 radical (unpaired) electrons. The average molecular weight is 454 g/mol. The van der Waals surface area contributed by atoms with Gasteiger partial charge in [-0.15, -0.1) is 0 Å². The Morgan fingerprint density at radius 3 is 2.00 bits per heavy atom. The number of imide groups is 1. The quantitative estimate of drug-likeness (QED) is 0.452. The highest BCUT2D eigenvalue weighted by atomic mass is 35.5. The molecule has 1 aliphatic rings. The van der Waals surface area contributed by atoms with Crippen LogP contribution in [0.2, 0.25) is 10.0 Å². The zero-order valence-corrected chi connectivity index (χ0v) is 18.2. The van der Waals surface area contributed by atoms with Gasteiger partial charge in [-0.2, -0.15) is 0 Å². The molecular weight excluding hydrogens is 433 g/mol. The van der Waals surface area contributed by atoms with Crippen molar-refractivity contribution in [2.24, 2.45) is 0 Å². The molecule has 0 aromatic heterocycles. The Hall–Kier alpha value is -2.82. The molecule has 0 spiro atoms. The van der Waals surface area contributed by atoms with Crippen LogP contribution < -0.4 is 0 Å². The van der Waals surface area contributed by atoms with Crippen molar-refractivity contribution >= 4 is 35.2 Å². The highest BCUT2D eigenvalue weighted by molar-refractivity contribution is 6.30. The van der Waals surface area contributed by atoms with Crippen molar-refractivity contribution in [3.8, 4) is 0 Å².